The highest BCUT2D eigenvalue weighted by molar-refractivity contribution is 7.13. The van der Waals surface area contributed by atoms with Gasteiger partial charge >= 0.3 is 5.97 Å². The van der Waals surface area contributed by atoms with Crippen molar-refractivity contribution in [2.24, 2.45) is 0 Å². The SMILES string of the molecule is CC1(c2nnc(C(=O)O)s2)CCCCC1. The normalized spacial score (nSPS) is 20.1. The van der Waals surface area contributed by atoms with Crippen LogP contribution in [0, 0.1) is 0 Å². The summed E-state index contributed by atoms with van der Waals surface area (Å²) in [6.07, 6.45) is 5.89. The van der Waals surface area contributed by atoms with Gasteiger partial charge in [0.1, 0.15) is 5.01 Å². The van der Waals surface area contributed by atoms with Crippen molar-refractivity contribution >= 4 is 17.3 Å². The van der Waals surface area contributed by atoms with Gasteiger partial charge in [0, 0.05) is 5.41 Å². The van der Waals surface area contributed by atoms with Gasteiger partial charge in [0.15, 0.2) is 0 Å². The van der Waals surface area contributed by atoms with E-state index in [4.69, 9.17) is 5.11 Å². The Morgan fingerprint density at radius 1 is 1.33 bits per heavy atom. The van der Waals surface area contributed by atoms with Gasteiger partial charge in [-0.1, -0.05) is 37.5 Å². The molecule has 0 amide bonds. The molecule has 2 rings (SSSR count). The molecule has 0 aromatic carbocycles. The summed E-state index contributed by atoms with van der Waals surface area (Å²) in [4.78, 5) is 10.7. The van der Waals surface area contributed by atoms with Crippen LogP contribution in [0.3, 0.4) is 0 Å². The zero-order valence-corrected chi connectivity index (χ0v) is 9.51. The van der Waals surface area contributed by atoms with Crippen molar-refractivity contribution in [2.75, 3.05) is 0 Å². The van der Waals surface area contributed by atoms with Gasteiger partial charge in [-0.2, -0.15) is 0 Å². The van der Waals surface area contributed by atoms with E-state index in [-0.39, 0.29) is 10.4 Å². The van der Waals surface area contributed by atoms with E-state index in [0.717, 1.165) is 17.8 Å². The third-order valence-electron chi connectivity index (χ3n) is 3.08. The molecule has 15 heavy (non-hydrogen) atoms. The second-order valence-corrected chi connectivity index (χ2v) is 5.32. The molecule has 0 saturated heterocycles. The third-order valence-corrected chi connectivity index (χ3v) is 4.30. The van der Waals surface area contributed by atoms with Crippen LogP contribution in [0.15, 0.2) is 0 Å². The molecule has 1 aliphatic carbocycles. The van der Waals surface area contributed by atoms with Gasteiger partial charge in [0.05, 0.1) is 0 Å². The van der Waals surface area contributed by atoms with Crippen LogP contribution in [-0.4, -0.2) is 21.3 Å². The van der Waals surface area contributed by atoms with Crippen LogP contribution in [0.5, 0.6) is 0 Å². The highest BCUT2D eigenvalue weighted by Crippen LogP contribution is 2.39. The average molecular weight is 226 g/mol. The number of aromatic nitrogens is 2. The van der Waals surface area contributed by atoms with Gasteiger partial charge in [-0.25, -0.2) is 4.79 Å². The van der Waals surface area contributed by atoms with E-state index in [1.165, 1.54) is 30.6 Å². The molecule has 1 N–H and O–H groups in total. The molecule has 1 aliphatic rings. The number of rotatable bonds is 2. The molecule has 0 spiro atoms. The first-order valence-corrected chi connectivity index (χ1v) is 6.01. The minimum atomic E-state index is -0.974. The minimum Gasteiger partial charge on any atom is -0.476 e. The van der Waals surface area contributed by atoms with E-state index in [1.807, 2.05) is 0 Å². The predicted octanol–water partition coefficient (Wildman–Crippen LogP) is 2.46. The van der Waals surface area contributed by atoms with Crippen molar-refractivity contribution in [3.8, 4) is 0 Å². The Hall–Kier alpha value is -0.970. The van der Waals surface area contributed by atoms with E-state index in [9.17, 15) is 4.79 Å². The Morgan fingerprint density at radius 2 is 2.00 bits per heavy atom. The van der Waals surface area contributed by atoms with Gasteiger partial charge in [0.2, 0.25) is 5.01 Å². The Balaban J connectivity index is 2.23. The van der Waals surface area contributed by atoms with Crippen LogP contribution >= 0.6 is 11.3 Å². The van der Waals surface area contributed by atoms with Crippen LogP contribution in [0.1, 0.15) is 53.8 Å². The molecule has 0 atom stereocenters. The fraction of sp³-hybridized carbons (Fsp3) is 0.700. The van der Waals surface area contributed by atoms with Crippen molar-refractivity contribution in [3.05, 3.63) is 10.0 Å². The molecule has 1 saturated carbocycles. The number of nitrogens with zero attached hydrogens (tertiary/aromatic N) is 2. The number of carboxylic acids is 1. The highest BCUT2D eigenvalue weighted by atomic mass is 32.1. The molecular weight excluding hydrogens is 212 g/mol. The van der Waals surface area contributed by atoms with Gasteiger partial charge in [-0.05, 0) is 12.8 Å². The number of aromatic carboxylic acids is 1. The first-order chi connectivity index (χ1) is 7.12. The van der Waals surface area contributed by atoms with E-state index in [1.54, 1.807) is 0 Å². The topological polar surface area (TPSA) is 63.1 Å². The van der Waals surface area contributed by atoms with Gasteiger partial charge in [0.25, 0.3) is 0 Å². The smallest absolute Gasteiger partial charge is 0.367 e. The summed E-state index contributed by atoms with van der Waals surface area (Å²) in [5.74, 6) is -0.974. The molecule has 0 radical (unpaired) electrons. The standard InChI is InChI=1S/C10H14N2O2S/c1-10(5-3-2-4-6-10)9-12-11-7(15-9)8(13)14/h2-6H2,1H3,(H,13,14). The van der Waals surface area contributed by atoms with E-state index in [0.29, 0.717) is 0 Å². The molecule has 1 heterocycles. The molecule has 5 heteroatoms. The average Bonchev–Trinajstić information content (AvgIpc) is 2.68. The van der Waals surface area contributed by atoms with Crippen LogP contribution in [0.2, 0.25) is 0 Å². The lowest BCUT2D eigenvalue weighted by atomic mass is 9.76. The van der Waals surface area contributed by atoms with Crippen molar-refractivity contribution in [2.45, 2.75) is 44.4 Å². The Morgan fingerprint density at radius 3 is 2.53 bits per heavy atom. The third kappa shape index (κ3) is 2.02. The predicted molar refractivity (Wildman–Crippen MR) is 57.3 cm³/mol. The Bertz CT molecular complexity index is 369. The molecule has 4 nitrogen and oxygen atoms in total. The lowest BCUT2D eigenvalue weighted by Gasteiger charge is -2.30. The van der Waals surface area contributed by atoms with Gasteiger partial charge in [-0.3, -0.25) is 0 Å². The summed E-state index contributed by atoms with van der Waals surface area (Å²) in [5.41, 5.74) is 0.0591. The summed E-state index contributed by atoms with van der Waals surface area (Å²) >= 11 is 1.22. The molecule has 1 aromatic rings. The number of hydrogen-bond acceptors (Lipinski definition) is 4. The molecule has 0 aliphatic heterocycles. The summed E-state index contributed by atoms with van der Waals surface area (Å²) in [5, 5.41) is 17.5. The zero-order chi connectivity index (χ0) is 10.9. The fourth-order valence-corrected chi connectivity index (χ4v) is 2.98. The summed E-state index contributed by atoms with van der Waals surface area (Å²) in [6, 6.07) is 0. The van der Waals surface area contributed by atoms with E-state index < -0.39 is 5.97 Å². The Labute approximate surface area is 92.3 Å². The second-order valence-electron chi connectivity index (χ2n) is 4.34. The zero-order valence-electron chi connectivity index (χ0n) is 8.69. The quantitative estimate of drug-likeness (QED) is 0.841. The molecule has 0 unspecified atom stereocenters. The van der Waals surface area contributed by atoms with E-state index >= 15 is 0 Å². The fourth-order valence-electron chi connectivity index (χ4n) is 2.10. The van der Waals surface area contributed by atoms with Crippen LogP contribution in [-0.2, 0) is 5.41 Å². The maximum Gasteiger partial charge on any atom is 0.367 e. The largest absolute Gasteiger partial charge is 0.476 e. The Kier molecular flexibility index (Phi) is 2.73. The molecule has 1 fully saturated rings. The molecular formula is C10H14N2O2S. The second kappa shape index (κ2) is 3.89. The van der Waals surface area contributed by atoms with Crippen LogP contribution in [0.4, 0.5) is 0 Å². The van der Waals surface area contributed by atoms with E-state index in [2.05, 4.69) is 17.1 Å². The van der Waals surface area contributed by atoms with Crippen molar-refractivity contribution in [1.82, 2.24) is 10.2 Å². The number of carbonyl (C=O) groups is 1. The molecule has 1 aromatic heterocycles. The lowest BCUT2D eigenvalue weighted by Crippen LogP contribution is -2.24. The van der Waals surface area contributed by atoms with Gasteiger partial charge in [-0.15, -0.1) is 10.2 Å². The summed E-state index contributed by atoms with van der Waals surface area (Å²) in [6.45, 7) is 2.16. The molecule has 82 valence electrons. The minimum absolute atomic E-state index is 0.0591. The van der Waals surface area contributed by atoms with Crippen LogP contribution in [0.25, 0.3) is 0 Å². The van der Waals surface area contributed by atoms with Gasteiger partial charge < -0.3 is 5.11 Å². The number of carboxylic acid groups (broad SMARTS) is 1. The van der Waals surface area contributed by atoms with Crippen LogP contribution < -0.4 is 0 Å². The first-order valence-electron chi connectivity index (χ1n) is 5.19. The van der Waals surface area contributed by atoms with Crippen molar-refractivity contribution < 1.29 is 9.90 Å². The maximum absolute atomic E-state index is 10.7. The van der Waals surface area contributed by atoms with Crippen molar-refractivity contribution in [1.29, 1.82) is 0 Å². The lowest BCUT2D eigenvalue weighted by molar-refractivity contribution is 0.0695. The highest BCUT2D eigenvalue weighted by Gasteiger charge is 2.32. The number of hydrogen-bond donors (Lipinski definition) is 1. The molecule has 0 bridgehead atoms. The summed E-state index contributed by atoms with van der Waals surface area (Å²) in [7, 11) is 0. The monoisotopic (exact) mass is 226 g/mol. The summed E-state index contributed by atoms with van der Waals surface area (Å²) < 4.78 is 0. The first kappa shape index (κ1) is 10.5. The maximum atomic E-state index is 10.7. The van der Waals surface area contributed by atoms with Crippen molar-refractivity contribution in [3.63, 3.8) is 0 Å².